The van der Waals surface area contributed by atoms with Gasteiger partial charge in [0.1, 0.15) is 5.52 Å². The van der Waals surface area contributed by atoms with E-state index in [1.165, 1.54) is 54.4 Å². The van der Waals surface area contributed by atoms with Crippen LogP contribution in [0.25, 0.3) is 82.5 Å². The molecule has 3 heterocycles. The molecule has 0 aliphatic heterocycles. The number of fused-ring (bicyclic) bond motifs is 9. The zero-order valence-corrected chi connectivity index (χ0v) is 31.4. The van der Waals surface area contributed by atoms with Crippen LogP contribution in [0.1, 0.15) is 0 Å². The Balaban J connectivity index is 0.996. The first-order chi connectivity index (χ1) is 28.8. The molecule has 0 radical (unpaired) electrons. The average molecular weight is 739 g/mol. The zero-order chi connectivity index (χ0) is 38.2. The van der Waals surface area contributed by atoms with Gasteiger partial charge in [-0.15, -0.1) is 0 Å². The third-order valence-electron chi connectivity index (χ3n) is 11.7. The third kappa shape index (κ3) is 4.84. The van der Waals surface area contributed by atoms with Crippen molar-refractivity contribution in [2.75, 3.05) is 4.90 Å². The van der Waals surface area contributed by atoms with Crippen LogP contribution in [0.3, 0.4) is 0 Å². The van der Waals surface area contributed by atoms with Crippen LogP contribution >= 0.6 is 0 Å². The molecular weight excluding hydrogens is 705 g/mol. The van der Waals surface area contributed by atoms with Crippen LogP contribution in [0.5, 0.6) is 0 Å². The number of aromatic nitrogens is 3. The minimum atomic E-state index is 1.02. The van der Waals surface area contributed by atoms with E-state index in [2.05, 4.69) is 231 Å². The number of hydrogen-bond acceptors (Lipinski definition) is 1. The molecule has 270 valence electrons. The maximum atomic E-state index is 3.40. The van der Waals surface area contributed by atoms with Gasteiger partial charge in [-0.25, -0.2) is 0 Å². The molecule has 0 aliphatic carbocycles. The smallest absolute Gasteiger partial charge is 0.105 e. The molecule has 12 rings (SSSR count). The summed E-state index contributed by atoms with van der Waals surface area (Å²) in [7, 11) is 0. The highest BCUT2D eigenvalue weighted by molar-refractivity contribution is 6.11. The monoisotopic (exact) mass is 738 g/mol. The lowest BCUT2D eigenvalue weighted by molar-refractivity contribution is 1.16. The van der Waals surface area contributed by atoms with Crippen molar-refractivity contribution in [1.82, 2.24) is 13.7 Å². The lowest BCUT2D eigenvalue weighted by Crippen LogP contribution is -2.10. The average Bonchev–Trinajstić information content (AvgIpc) is 3.93. The summed E-state index contributed by atoms with van der Waals surface area (Å²) in [4.78, 5) is 2.35. The lowest BCUT2D eigenvalue weighted by Gasteiger charge is -2.26. The van der Waals surface area contributed by atoms with Crippen LogP contribution < -0.4 is 4.90 Å². The first-order valence-corrected chi connectivity index (χ1v) is 19.7. The Hall–Kier alpha value is -8.00. The second-order valence-corrected chi connectivity index (χ2v) is 14.8. The number of hydrogen-bond donors (Lipinski definition) is 0. The second kappa shape index (κ2) is 12.8. The van der Waals surface area contributed by atoms with Crippen LogP contribution in [0.15, 0.2) is 206 Å². The van der Waals surface area contributed by atoms with Gasteiger partial charge < -0.3 is 18.6 Å². The Morgan fingerprint density at radius 2 is 0.603 bits per heavy atom. The lowest BCUT2D eigenvalue weighted by atomic mass is 10.1. The summed E-state index contributed by atoms with van der Waals surface area (Å²) in [6, 6.07) is 80.7. The first kappa shape index (κ1) is 32.3. The number of nitrogens with zero attached hydrogens (tertiary/aromatic N) is 4. The number of para-hydroxylation sites is 5. The molecule has 0 unspecified atom stereocenters. The van der Waals surface area contributed by atoms with Crippen molar-refractivity contribution in [2.45, 2.75) is 0 Å². The van der Waals surface area contributed by atoms with Gasteiger partial charge in [0.2, 0.25) is 0 Å². The molecular formula is C54H34N4. The molecule has 58 heavy (non-hydrogen) atoms. The third-order valence-corrected chi connectivity index (χ3v) is 11.7. The SMILES string of the molecule is c1ccc2c3ccccc3n(-c3ccc(N(c4ccc(-n5c6ccccc6c6ccccc65)cc4)c4ccc(-n5c6ccccc6c6ccccc65)cc4)cc3)c2c#1. The van der Waals surface area contributed by atoms with Crippen molar-refractivity contribution in [3.05, 3.63) is 218 Å². The second-order valence-electron chi connectivity index (χ2n) is 14.8. The summed E-state index contributed by atoms with van der Waals surface area (Å²) in [5.74, 6) is 0. The van der Waals surface area contributed by atoms with E-state index in [9.17, 15) is 0 Å². The molecule has 0 saturated carbocycles. The Morgan fingerprint density at radius 1 is 0.293 bits per heavy atom. The molecule has 0 saturated heterocycles. The van der Waals surface area contributed by atoms with E-state index in [0.29, 0.717) is 0 Å². The van der Waals surface area contributed by atoms with E-state index in [1.807, 2.05) is 6.07 Å². The van der Waals surface area contributed by atoms with E-state index in [1.54, 1.807) is 0 Å². The Kier molecular flexibility index (Phi) is 7.11. The number of rotatable bonds is 6. The standard InChI is InChI=1S/C54H34N4/c1-7-19-49-43(13-1)44-14-2-8-20-50(44)56(49)40-31-25-37(26-32-40)55(38-27-33-41(34-28-38)57-51-21-9-3-15-45(51)46-16-4-10-22-52(46)57)39-29-35-42(36-30-39)58-53-23-11-5-17-47(53)48-18-6-12-24-54(48)58/h1-11,13-23,25-36H. The van der Waals surface area contributed by atoms with Gasteiger partial charge in [-0.3, -0.25) is 0 Å². The highest BCUT2D eigenvalue weighted by atomic mass is 15.1. The van der Waals surface area contributed by atoms with Crippen LogP contribution in [-0.2, 0) is 0 Å². The predicted octanol–water partition coefficient (Wildman–Crippen LogP) is 14.0. The summed E-state index contributed by atoms with van der Waals surface area (Å²) < 4.78 is 7.03. The van der Waals surface area contributed by atoms with Gasteiger partial charge in [0.15, 0.2) is 0 Å². The van der Waals surface area contributed by atoms with Gasteiger partial charge in [0, 0.05) is 66.4 Å². The fourth-order valence-electron chi connectivity index (χ4n) is 9.16. The molecule has 4 nitrogen and oxygen atoms in total. The predicted molar refractivity (Wildman–Crippen MR) is 242 cm³/mol. The largest absolute Gasteiger partial charge is 0.310 e. The van der Waals surface area contributed by atoms with Gasteiger partial charge in [0.05, 0.1) is 27.6 Å². The molecule has 0 fully saturated rings. The fraction of sp³-hybridized carbons (Fsp3) is 0. The molecule has 9 aromatic carbocycles. The molecule has 0 atom stereocenters. The minimum absolute atomic E-state index is 1.02. The normalized spacial score (nSPS) is 11.7. The summed E-state index contributed by atoms with van der Waals surface area (Å²) in [5.41, 5.74) is 13.5. The molecule has 0 amide bonds. The quantitative estimate of drug-likeness (QED) is 0.166. The van der Waals surface area contributed by atoms with Crippen molar-refractivity contribution in [3.63, 3.8) is 0 Å². The molecule has 0 aliphatic rings. The van der Waals surface area contributed by atoms with E-state index in [0.717, 1.165) is 45.2 Å². The molecule has 3 aromatic heterocycles. The Morgan fingerprint density at radius 3 is 0.983 bits per heavy atom. The molecule has 0 spiro atoms. The van der Waals surface area contributed by atoms with Crippen molar-refractivity contribution in [3.8, 4) is 17.1 Å². The Labute approximate surface area is 335 Å². The van der Waals surface area contributed by atoms with Gasteiger partial charge in [-0.05, 0) is 121 Å². The van der Waals surface area contributed by atoms with Gasteiger partial charge >= 0.3 is 0 Å². The summed E-state index contributed by atoms with van der Waals surface area (Å²) in [5, 5.41) is 7.40. The number of benzene rings is 8. The first-order valence-electron chi connectivity index (χ1n) is 19.7. The van der Waals surface area contributed by atoms with E-state index in [-0.39, 0.29) is 0 Å². The highest BCUT2D eigenvalue weighted by Crippen LogP contribution is 2.40. The van der Waals surface area contributed by atoms with Gasteiger partial charge in [-0.1, -0.05) is 97.1 Å². The van der Waals surface area contributed by atoms with Crippen molar-refractivity contribution >= 4 is 82.5 Å². The topological polar surface area (TPSA) is 18.0 Å². The molecule has 4 heteroatoms. The van der Waals surface area contributed by atoms with Crippen LogP contribution in [0.2, 0.25) is 0 Å². The zero-order valence-electron chi connectivity index (χ0n) is 31.4. The summed E-state index contributed by atoms with van der Waals surface area (Å²) >= 11 is 0. The maximum absolute atomic E-state index is 3.40. The Bertz CT molecular complexity index is 2960. The fourth-order valence-corrected chi connectivity index (χ4v) is 9.16. The van der Waals surface area contributed by atoms with E-state index >= 15 is 0 Å². The van der Waals surface area contributed by atoms with Crippen LogP contribution in [0.4, 0.5) is 17.1 Å². The van der Waals surface area contributed by atoms with Crippen LogP contribution in [-0.4, -0.2) is 13.7 Å². The van der Waals surface area contributed by atoms with Crippen molar-refractivity contribution in [2.24, 2.45) is 0 Å². The van der Waals surface area contributed by atoms with E-state index in [4.69, 9.17) is 0 Å². The van der Waals surface area contributed by atoms with Crippen LogP contribution in [0, 0.1) is 12.1 Å². The highest BCUT2D eigenvalue weighted by Gasteiger charge is 2.18. The van der Waals surface area contributed by atoms with Gasteiger partial charge in [-0.2, -0.15) is 0 Å². The van der Waals surface area contributed by atoms with Gasteiger partial charge in [0.25, 0.3) is 0 Å². The summed E-state index contributed by atoms with van der Waals surface area (Å²) in [6.07, 6.45) is 0. The van der Waals surface area contributed by atoms with Crippen molar-refractivity contribution in [1.29, 1.82) is 0 Å². The maximum Gasteiger partial charge on any atom is 0.105 e. The summed E-state index contributed by atoms with van der Waals surface area (Å²) in [6.45, 7) is 0. The molecule has 12 aromatic rings. The van der Waals surface area contributed by atoms with E-state index < -0.39 is 0 Å². The number of anilines is 3. The molecule has 0 N–H and O–H groups in total. The van der Waals surface area contributed by atoms with Crippen molar-refractivity contribution < 1.29 is 0 Å². The minimum Gasteiger partial charge on any atom is -0.310 e. The molecule has 0 bridgehead atoms.